The van der Waals surface area contributed by atoms with Gasteiger partial charge in [0, 0.05) is 12.2 Å². The Hall–Kier alpha value is -2.07. The fourth-order valence-corrected chi connectivity index (χ4v) is 1.80. The monoisotopic (exact) mass is 279 g/mol. The molecule has 0 spiro atoms. The van der Waals surface area contributed by atoms with Crippen LogP contribution in [0, 0.1) is 5.82 Å². The number of rotatable bonds is 4. The lowest BCUT2D eigenvalue weighted by atomic mass is 10.1. The molecule has 2 aromatic rings. The molecule has 2 aromatic carbocycles. The van der Waals surface area contributed by atoms with E-state index >= 15 is 0 Å². The first-order chi connectivity index (χ1) is 9.08. The summed E-state index contributed by atoms with van der Waals surface area (Å²) in [6.07, 6.45) is 0. The summed E-state index contributed by atoms with van der Waals surface area (Å²) in [6.45, 7) is 0.295. The Balaban J connectivity index is 2.14. The van der Waals surface area contributed by atoms with E-state index in [0.717, 1.165) is 0 Å². The van der Waals surface area contributed by atoms with Crippen molar-refractivity contribution in [3.05, 3.63) is 64.4 Å². The third-order valence-electron chi connectivity index (χ3n) is 2.65. The highest BCUT2D eigenvalue weighted by atomic mass is 35.5. The molecular formula is C14H11ClFNO2. The maximum atomic E-state index is 13.2. The average molecular weight is 280 g/mol. The molecule has 5 heteroatoms. The third kappa shape index (κ3) is 3.23. The Morgan fingerprint density at radius 1 is 1.26 bits per heavy atom. The number of hydrogen-bond acceptors (Lipinski definition) is 2. The van der Waals surface area contributed by atoms with Gasteiger partial charge in [0.05, 0.1) is 10.6 Å². The zero-order chi connectivity index (χ0) is 13.8. The zero-order valence-corrected chi connectivity index (χ0v) is 10.6. The van der Waals surface area contributed by atoms with Crippen LogP contribution in [-0.2, 0) is 6.54 Å². The molecule has 0 aromatic heterocycles. The van der Waals surface area contributed by atoms with Crippen LogP contribution in [0.15, 0.2) is 42.5 Å². The number of nitrogens with one attached hydrogen (secondary N) is 1. The van der Waals surface area contributed by atoms with Gasteiger partial charge in [-0.3, -0.25) is 0 Å². The van der Waals surface area contributed by atoms with E-state index < -0.39 is 11.8 Å². The molecule has 2 N–H and O–H groups in total. The van der Waals surface area contributed by atoms with E-state index in [-0.39, 0.29) is 10.6 Å². The Labute approximate surface area is 114 Å². The Morgan fingerprint density at radius 2 is 2.00 bits per heavy atom. The lowest BCUT2D eigenvalue weighted by Gasteiger charge is -2.09. The molecule has 0 amide bonds. The lowest BCUT2D eigenvalue weighted by Crippen LogP contribution is -2.07. The molecule has 0 saturated carbocycles. The summed E-state index contributed by atoms with van der Waals surface area (Å²) in [5.41, 5.74) is 1.40. The molecular weight excluding hydrogens is 269 g/mol. The summed E-state index contributed by atoms with van der Waals surface area (Å²) in [6, 6.07) is 11.0. The SMILES string of the molecule is O=C(O)c1ccccc1CNc1ccc(Cl)c(F)c1. The molecule has 0 unspecified atom stereocenters. The number of carboxylic acids is 1. The number of halogens is 2. The zero-order valence-electron chi connectivity index (χ0n) is 9.86. The summed E-state index contributed by atoms with van der Waals surface area (Å²) in [5, 5.41) is 12.1. The minimum absolute atomic E-state index is 0.0523. The van der Waals surface area contributed by atoms with Gasteiger partial charge in [0.15, 0.2) is 0 Å². The van der Waals surface area contributed by atoms with Crippen molar-refractivity contribution in [1.29, 1.82) is 0 Å². The highest BCUT2D eigenvalue weighted by molar-refractivity contribution is 6.30. The van der Waals surface area contributed by atoms with Gasteiger partial charge in [-0.1, -0.05) is 29.8 Å². The van der Waals surface area contributed by atoms with Crippen molar-refractivity contribution in [3.63, 3.8) is 0 Å². The van der Waals surface area contributed by atoms with Crippen LogP contribution in [0.2, 0.25) is 5.02 Å². The van der Waals surface area contributed by atoms with Crippen LogP contribution < -0.4 is 5.32 Å². The van der Waals surface area contributed by atoms with Gasteiger partial charge < -0.3 is 10.4 Å². The van der Waals surface area contributed by atoms with Crippen LogP contribution in [0.3, 0.4) is 0 Å². The highest BCUT2D eigenvalue weighted by Gasteiger charge is 2.08. The molecule has 0 bridgehead atoms. The highest BCUT2D eigenvalue weighted by Crippen LogP contribution is 2.19. The Bertz CT molecular complexity index is 616. The van der Waals surface area contributed by atoms with E-state index in [1.165, 1.54) is 18.2 Å². The molecule has 2 rings (SSSR count). The van der Waals surface area contributed by atoms with Crippen LogP contribution in [0.4, 0.5) is 10.1 Å². The Kier molecular flexibility index (Phi) is 4.02. The van der Waals surface area contributed by atoms with E-state index in [1.807, 2.05) is 0 Å². The van der Waals surface area contributed by atoms with Crippen LogP contribution >= 0.6 is 11.6 Å². The van der Waals surface area contributed by atoms with Crippen LogP contribution in [0.5, 0.6) is 0 Å². The summed E-state index contributed by atoms with van der Waals surface area (Å²) >= 11 is 5.58. The van der Waals surface area contributed by atoms with Crippen molar-refractivity contribution in [2.75, 3.05) is 5.32 Å². The molecule has 19 heavy (non-hydrogen) atoms. The van der Waals surface area contributed by atoms with Crippen molar-refractivity contribution in [2.24, 2.45) is 0 Å². The number of carboxylic acid groups (broad SMARTS) is 1. The predicted octanol–water partition coefficient (Wildman–Crippen LogP) is 3.79. The van der Waals surface area contributed by atoms with Gasteiger partial charge in [-0.15, -0.1) is 0 Å². The molecule has 98 valence electrons. The van der Waals surface area contributed by atoms with E-state index in [2.05, 4.69) is 5.32 Å². The predicted molar refractivity (Wildman–Crippen MR) is 72.1 cm³/mol. The van der Waals surface area contributed by atoms with Gasteiger partial charge in [0.25, 0.3) is 0 Å². The molecule has 0 aliphatic rings. The second-order valence-electron chi connectivity index (χ2n) is 3.94. The molecule has 3 nitrogen and oxygen atoms in total. The molecule has 0 fully saturated rings. The molecule has 0 atom stereocenters. The molecule has 0 heterocycles. The number of hydrogen-bond donors (Lipinski definition) is 2. The standard InChI is InChI=1S/C14H11ClFNO2/c15-12-6-5-10(7-13(12)16)17-8-9-3-1-2-4-11(9)14(18)19/h1-7,17H,8H2,(H,18,19). The van der Waals surface area contributed by atoms with E-state index in [1.54, 1.807) is 24.3 Å². The maximum Gasteiger partial charge on any atom is 0.336 e. The van der Waals surface area contributed by atoms with Crippen LogP contribution in [-0.4, -0.2) is 11.1 Å². The number of carbonyl (C=O) groups is 1. The Morgan fingerprint density at radius 3 is 2.68 bits per heavy atom. The lowest BCUT2D eigenvalue weighted by molar-refractivity contribution is 0.0696. The van der Waals surface area contributed by atoms with Gasteiger partial charge in [-0.05, 0) is 29.8 Å². The quantitative estimate of drug-likeness (QED) is 0.895. The first-order valence-corrected chi connectivity index (χ1v) is 5.96. The van der Waals surface area contributed by atoms with Gasteiger partial charge in [0.2, 0.25) is 0 Å². The van der Waals surface area contributed by atoms with Crippen LogP contribution in [0.25, 0.3) is 0 Å². The second kappa shape index (κ2) is 5.71. The fraction of sp³-hybridized carbons (Fsp3) is 0.0714. The number of aromatic carboxylic acids is 1. The minimum Gasteiger partial charge on any atom is -0.478 e. The topological polar surface area (TPSA) is 49.3 Å². The molecule has 0 aliphatic heterocycles. The summed E-state index contributed by atoms with van der Waals surface area (Å²) in [4.78, 5) is 11.0. The summed E-state index contributed by atoms with van der Waals surface area (Å²) in [5.74, 6) is -1.50. The maximum absolute atomic E-state index is 13.2. The van der Waals surface area contributed by atoms with Gasteiger partial charge in [-0.2, -0.15) is 0 Å². The van der Waals surface area contributed by atoms with Crippen molar-refractivity contribution in [1.82, 2.24) is 0 Å². The first-order valence-electron chi connectivity index (χ1n) is 5.58. The van der Waals surface area contributed by atoms with Crippen LogP contribution in [0.1, 0.15) is 15.9 Å². The minimum atomic E-state index is -0.986. The fourth-order valence-electron chi connectivity index (χ4n) is 1.69. The van der Waals surface area contributed by atoms with Gasteiger partial charge in [-0.25, -0.2) is 9.18 Å². The normalized spacial score (nSPS) is 10.2. The van der Waals surface area contributed by atoms with E-state index in [4.69, 9.17) is 16.7 Å². The molecule has 0 radical (unpaired) electrons. The van der Waals surface area contributed by atoms with Crippen molar-refractivity contribution in [3.8, 4) is 0 Å². The van der Waals surface area contributed by atoms with Crippen molar-refractivity contribution in [2.45, 2.75) is 6.54 Å². The average Bonchev–Trinajstić information content (AvgIpc) is 2.40. The van der Waals surface area contributed by atoms with E-state index in [0.29, 0.717) is 17.8 Å². The smallest absolute Gasteiger partial charge is 0.336 e. The van der Waals surface area contributed by atoms with Crippen molar-refractivity contribution < 1.29 is 14.3 Å². The number of anilines is 1. The molecule has 0 saturated heterocycles. The molecule has 0 aliphatic carbocycles. The van der Waals surface area contributed by atoms with E-state index in [9.17, 15) is 9.18 Å². The summed E-state index contributed by atoms with van der Waals surface area (Å²) in [7, 11) is 0. The van der Waals surface area contributed by atoms with Gasteiger partial charge in [0.1, 0.15) is 5.82 Å². The van der Waals surface area contributed by atoms with Crippen molar-refractivity contribution >= 4 is 23.3 Å². The first kappa shape index (κ1) is 13.4. The van der Waals surface area contributed by atoms with Gasteiger partial charge >= 0.3 is 5.97 Å². The second-order valence-corrected chi connectivity index (χ2v) is 4.35. The largest absolute Gasteiger partial charge is 0.478 e. The number of benzene rings is 2. The third-order valence-corrected chi connectivity index (χ3v) is 2.96. The summed E-state index contributed by atoms with van der Waals surface area (Å²) < 4.78 is 13.2.